The van der Waals surface area contributed by atoms with Crippen LogP contribution >= 0.6 is 11.8 Å². The predicted molar refractivity (Wildman–Crippen MR) is 75.4 cm³/mol. The molecule has 0 bridgehead atoms. The molecule has 1 saturated heterocycles. The van der Waals surface area contributed by atoms with E-state index in [1.165, 1.54) is 12.8 Å². The third-order valence-corrected chi connectivity index (χ3v) is 4.38. The number of carbonyl (C=O) groups is 1. The number of hydrogen-bond donors (Lipinski definition) is 2. The Labute approximate surface area is 109 Å². The first-order valence-corrected chi connectivity index (χ1v) is 8.06. The molecular formula is C13H26N2OS. The van der Waals surface area contributed by atoms with Gasteiger partial charge >= 0.3 is 0 Å². The number of carbonyl (C=O) groups excluding carboxylic acids is 1. The van der Waals surface area contributed by atoms with Gasteiger partial charge in [-0.3, -0.25) is 4.79 Å². The highest BCUT2D eigenvalue weighted by Gasteiger charge is 2.25. The molecular weight excluding hydrogens is 232 g/mol. The SMILES string of the molecule is CCC1CCNC(C(=O)NCC(C)CSC)C1. The highest BCUT2D eigenvalue weighted by atomic mass is 32.2. The van der Waals surface area contributed by atoms with Crippen LogP contribution in [0.4, 0.5) is 0 Å². The van der Waals surface area contributed by atoms with Crippen LogP contribution in [-0.4, -0.2) is 37.0 Å². The molecule has 3 atom stereocenters. The molecule has 0 aromatic rings. The largest absolute Gasteiger partial charge is 0.354 e. The maximum atomic E-state index is 12.0. The van der Waals surface area contributed by atoms with Crippen LogP contribution in [0.1, 0.15) is 33.1 Å². The molecule has 2 N–H and O–H groups in total. The maximum Gasteiger partial charge on any atom is 0.237 e. The van der Waals surface area contributed by atoms with E-state index in [1.54, 1.807) is 0 Å². The Bertz CT molecular complexity index is 235. The number of thioether (sulfide) groups is 1. The summed E-state index contributed by atoms with van der Waals surface area (Å²) in [5.41, 5.74) is 0. The van der Waals surface area contributed by atoms with Crippen molar-refractivity contribution >= 4 is 17.7 Å². The Kier molecular flexibility index (Phi) is 6.97. The van der Waals surface area contributed by atoms with E-state index in [2.05, 4.69) is 30.7 Å². The van der Waals surface area contributed by atoms with E-state index in [4.69, 9.17) is 0 Å². The van der Waals surface area contributed by atoms with Gasteiger partial charge in [0.15, 0.2) is 0 Å². The number of rotatable bonds is 6. The van der Waals surface area contributed by atoms with Gasteiger partial charge in [-0.25, -0.2) is 0 Å². The summed E-state index contributed by atoms with van der Waals surface area (Å²) in [5.74, 6) is 2.57. The molecule has 1 rings (SSSR count). The fourth-order valence-corrected chi connectivity index (χ4v) is 3.00. The van der Waals surface area contributed by atoms with Crippen molar-refractivity contribution in [1.29, 1.82) is 0 Å². The van der Waals surface area contributed by atoms with Crippen LogP contribution in [0.3, 0.4) is 0 Å². The number of hydrogen-bond acceptors (Lipinski definition) is 3. The smallest absolute Gasteiger partial charge is 0.237 e. The summed E-state index contributed by atoms with van der Waals surface area (Å²) >= 11 is 1.83. The van der Waals surface area contributed by atoms with Gasteiger partial charge in [0, 0.05) is 6.54 Å². The molecule has 1 aliphatic rings. The van der Waals surface area contributed by atoms with Crippen LogP contribution in [0, 0.1) is 11.8 Å². The van der Waals surface area contributed by atoms with E-state index < -0.39 is 0 Å². The van der Waals surface area contributed by atoms with Crippen LogP contribution < -0.4 is 10.6 Å². The highest BCUT2D eigenvalue weighted by molar-refractivity contribution is 7.98. The lowest BCUT2D eigenvalue weighted by Gasteiger charge is -2.29. The topological polar surface area (TPSA) is 41.1 Å². The van der Waals surface area contributed by atoms with Gasteiger partial charge in [0.2, 0.25) is 5.91 Å². The summed E-state index contributed by atoms with van der Waals surface area (Å²) in [7, 11) is 0. The summed E-state index contributed by atoms with van der Waals surface area (Å²) < 4.78 is 0. The van der Waals surface area contributed by atoms with Crippen molar-refractivity contribution in [2.75, 3.05) is 25.1 Å². The average molecular weight is 258 g/mol. The second kappa shape index (κ2) is 7.98. The lowest BCUT2D eigenvalue weighted by molar-refractivity contribution is -0.124. The molecule has 17 heavy (non-hydrogen) atoms. The van der Waals surface area contributed by atoms with Gasteiger partial charge in [0.05, 0.1) is 6.04 Å². The molecule has 1 aliphatic heterocycles. The zero-order valence-electron chi connectivity index (χ0n) is 11.3. The van der Waals surface area contributed by atoms with Gasteiger partial charge in [-0.2, -0.15) is 11.8 Å². The second-order valence-corrected chi connectivity index (χ2v) is 6.02. The summed E-state index contributed by atoms with van der Waals surface area (Å²) in [6, 6.07) is 0.0372. The Morgan fingerprint density at radius 2 is 2.35 bits per heavy atom. The van der Waals surface area contributed by atoms with Gasteiger partial charge in [-0.05, 0) is 43.2 Å². The van der Waals surface area contributed by atoms with Gasteiger partial charge in [0.25, 0.3) is 0 Å². The fourth-order valence-electron chi connectivity index (χ4n) is 2.31. The lowest BCUT2D eigenvalue weighted by atomic mass is 9.90. The monoisotopic (exact) mass is 258 g/mol. The van der Waals surface area contributed by atoms with E-state index >= 15 is 0 Å². The van der Waals surface area contributed by atoms with Gasteiger partial charge in [0.1, 0.15) is 0 Å². The Hall–Kier alpha value is -0.220. The molecule has 3 nitrogen and oxygen atoms in total. The standard InChI is InChI=1S/C13H26N2OS/c1-4-11-5-6-14-12(7-11)13(16)15-8-10(2)9-17-3/h10-12,14H,4-9H2,1-3H3,(H,15,16). The summed E-state index contributed by atoms with van der Waals surface area (Å²) in [6.07, 6.45) is 5.50. The van der Waals surface area contributed by atoms with Crippen molar-refractivity contribution in [2.45, 2.75) is 39.2 Å². The molecule has 1 amide bonds. The van der Waals surface area contributed by atoms with Crippen LogP contribution in [0.2, 0.25) is 0 Å². The Morgan fingerprint density at radius 3 is 3.00 bits per heavy atom. The molecule has 0 spiro atoms. The normalized spacial score (nSPS) is 26.5. The third-order valence-electron chi connectivity index (χ3n) is 3.48. The quantitative estimate of drug-likeness (QED) is 0.764. The third kappa shape index (κ3) is 5.30. The maximum absolute atomic E-state index is 12.0. The number of piperidine rings is 1. The van der Waals surface area contributed by atoms with Crippen molar-refractivity contribution in [3.63, 3.8) is 0 Å². The predicted octanol–water partition coefficient (Wildman–Crippen LogP) is 1.88. The Balaban J connectivity index is 2.27. The minimum atomic E-state index is 0.0372. The summed E-state index contributed by atoms with van der Waals surface area (Å²) in [6.45, 7) is 6.18. The molecule has 0 aliphatic carbocycles. The molecule has 0 radical (unpaired) electrons. The number of nitrogens with one attached hydrogen (secondary N) is 2. The van der Waals surface area contributed by atoms with Crippen LogP contribution in [0.5, 0.6) is 0 Å². The zero-order valence-corrected chi connectivity index (χ0v) is 12.1. The zero-order chi connectivity index (χ0) is 12.7. The molecule has 0 aromatic heterocycles. The minimum Gasteiger partial charge on any atom is -0.354 e. The van der Waals surface area contributed by atoms with Gasteiger partial charge < -0.3 is 10.6 Å². The Morgan fingerprint density at radius 1 is 1.59 bits per heavy atom. The molecule has 0 aromatic carbocycles. The molecule has 0 saturated carbocycles. The van der Waals surface area contributed by atoms with Crippen LogP contribution in [-0.2, 0) is 4.79 Å². The highest BCUT2D eigenvalue weighted by Crippen LogP contribution is 2.19. The summed E-state index contributed by atoms with van der Waals surface area (Å²) in [5, 5.41) is 6.39. The van der Waals surface area contributed by atoms with E-state index in [9.17, 15) is 4.79 Å². The van der Waals surface area contributed by atoms with Crippen LogP contribution in [0.15, 0.2) is 0 Å². The van der Waals surface area contributed by atoms with Crippen molar-refractivity contribution in [1.82, 2.24) is 10.6 Å². The van der Waals surface area contributed by atoms with Crippen LogP contribution in [0.25, 0.3) is 0 Å². The summed E-state index contributed by atoms with van der Waals surface area (Å²) in [4.78, 5) is 12.0. The lowest BCUT2D eigenvalue weighted by Crippen LogP contribution is -2.49. The fraction of sp³-hybridized carbons (Fsp3) is 0.923. The first-order valence-electron chi connectivity index (χ1n) is 6.67. The molecule has 100 valence electrons. The minimum absolute atomic E-state index is 0.0372. The first kappa shape index (κ1) is 14.8. The molecule has 3 unspecified atom stereocenters. The van der Waals surface area contributed by atoms with Crippen molar-refractivity contribution in [3.05, 3.63) is 0 Å². The molecule has 4 heteroatoms. The van der Waals surface area contributed by atoms with E-state index in [0.717, 1.165) is 31.2 Å². The van der Waals surface area contributed by atoms with E-state index in [-0.39, 0.29) is 11.9 Å². The van der Waals surface area contributed by atoms with Gasteiger partial charge in [-0.15, -0.1) is 0 Å². The molecule has 1 fully saturated rings. The van der Waals surface area contributed by atoms with E-state index in [0.29, 0.717) is 5.92 Å². The van der Waals surface area contributed by atoms with Gasteiger partial charge in [-0.1, -0.05) is 20.3 Å². The van der Waals surface area contributed by atoms with Crippen molar-refractivity contribution in [2.24, 2.45) is 11.8 Å². The van der Waals surface area contributed by atoms with E-state index in [1.807, 2.05) is 11.8 Å². The second-order valence-electron chi connectivity index (χ2n) is 5.11. The van der Waals surface area contributed by atoms with Crippen molar-refractivity contribution < 1.29 is 4.79 Å². The molecule has 1 heterocycles. The number of amides is 1. The first-order chi connectivity index (χ1) is 8.17. The average Bonchev–Trinajstić information content (AvgIpc) is 2.36. The van der Waals surface area contributed by atoms with Crippen molar-refractivity contribution in [3.8, 4) is 0 Å².